The summed E-state index contributed by atoms with van der Waals surface area (Å²) in [5.41, 5.74) is 0.632. The van der Waals surface area contributed by atoms with E-state index in [0.717, 1.165) is 19.4 Å². The van der Waals surface area contributed by atoms with Crippen LogP contribution in [0.5, 0.6) is 0 Å². The van der Waals surface area contributed by atoms with Crippen LogP contribution in [0.4, 0.5) is 0 Å². The lowest BCUT2D eigenvalue weighted by atomic mass is 9.97. The number of hydrogen-bond acceptors (Lipinski definition) is 3. The Kier molecular flexibility index (Phi) is 4.72. The number of pyridine rings is 1. The molecule has 0 bridgehead atoms. The first-order valence-corrected chi connectivity index (χ1v) is 5.52. The first-order chi connectivity index (χ1) is 7.20. The molecule has 0 saturated carbocycles. The Morgan fingerprint density at radius 2 is 1.87 bits per heavy atom. The van der Waals surface area contributed by atoms with E-state index in [-0.39, 0.29) is 0 Å². The highest BCUT2D eigenvalue weighted by atomic mass is 16.3. The SMILES string of the molecule is CCC(O)(CC)CNCc1ccncc1. The molecule has 1 rings (SSSR count). The van der Waals surface area contributed by atoms with Gasteiger partial charge in [0.1, 0.15) is 0 Å². The summed E-state index contributed by atoms with van der Waals surface area (Å²) in [5.74, 6) is 0. The summed E-state index contributed by atoms with van der Waals surface area (Å²) < 4.78 is 0. The quantitative estimate of drug-likeness (QED) is 0.748. The number of hydrogen-bond donors (Lipinski definition) is 2. The molecule has 0 amide bonds. The molecular weight excluding hydrogens is 188 g/mol. The maximum Gasteiger partial charge on any atom is 0.0766 e. The second-order valence-electron chi connectivity index (χ2n) is 3.89. The smallest absolute Gasteiger partial charge is 0.0766 e. The molecular formula is C12H20N2O. The summed E-state index contributed by atoms with van der Waals surface area (Å²) in [5, 5.41) is 13.3. The van der Waals surface area contributed by atoms with Crippen LogP contribution >= 0.6 is 0 Å². The summed E-state index contributed by atoms with van der Waals surface area (Å²) in [6.07, 6.45) is 5.13. The Morgan fingerprint density at radius 1 is 1.27 bits per heavy atom. The molecule has 0 aliphatic carbocycles. The molecule has 3 nitrogen and oxygen atoms in total. The van der Waals surface area contributed by atoms with Gasteiger partial charge in [-0.15, -0.1) is 0 Å². The lowest BCUT2D eigenvalue weighted by Crippen LogP contribution is -2.39. The molecule has 0 unspecified atom stereocenters. The van der Waals surface area contributed by atoms with E-state index in [0.29, 0.717) is 6.54 Å². The molecule has 0 fully saturated rings. The van der Waals surface area contributed by atoms with Gasteiger partial charge in [-0.3, -0.25) is 4.98 Å². The Bertz CT molecular complexity index is 270. The van der Waals surface area contributed by atoms with Crippen LogP contribution in [0, 0.1) is 0 Å². The largest absolute Gasteiger partial charge is 0.389 e. The summed E-state index contributed by atoms with van der Waals surface area (Å²) in [6, 6.07) is 3.95. The van der Waals surface area contributed by atoms with Crippen molar-refractivity contribution in [3.8, 4) is 0 Å². The van der Waals surface area contributed by atoms with E-state index in [1.165, 1.54) is 5.56 Å². The van der Waals surface area contributed by atoms with Gasteiger partial charge in [0.15, 0.2) is 0 Å². The third-order valence-corrected chi connectivity index (χ3v) is 2.85. The van der Waals surface area contributed by atoms with Gasteiger partial charge in [-0.05, 0) is 30.5 Å². The number of rotatable bonds is 6. The zero-order valence-electron chi connectivity index (χ0n) is 9.53. The zero-order valence-corrected chi connectivity index (χ0v) is 9.53. The fourth-order valence-electron chi connectivity index (χ4n) is 1.44. The average molecular weight is 208 g/mol. The van der Waals surface area contributed by atoms with Gasteiger partial charge >= 0.3 is 0 Å². The minimum atomic E-state index is -0.562. The Morgan fingerprint density at radius 3 is 2.40 bits per heavy atom. The third-order valence-electron chi connectivity index (χ3n) is 2.85. The summed E-state index contributed by atoms with van der Waals surface area (Å²) in [7, 11) is 0. The predicted molar refractivity (Wildman–Crippen MR) is 61.5 cm³/mol. The van der Waals surface area contributed by atoms with Crippen LogP contribution in [0.15, 0.2) is 24.5 Å². The van der Waals surface area contributed by atoms with Crippen molar-refractivity contribution in [2.24, 2.45) is 0 Å². The molecule has 3 heteroatoms. The molecule has 0 spiro atoms. The van der Waals surface area contributed by atoms with Gasteiger partial charge in [0, 0.05) is 25.5 Å². The molecule has 1 aromatic heterocycles. The van der Waals surface area contributed by atoms with E-state index < -0.39 is 5.60 Å². The van der Waals surface area contributed by atoms with Gasteiger partial charge in [-0.25, -0.2) is 0 Å². The molecule has 84 valence electrons. The van der Waals surface area contributed by atoms with E-state index >= 15 is 0 Å². The van der Waals surface area contributed by atoms with E-state index in [9.17, 15) is 5.11 Å². The maximum atomic E-state index is 10.0. The highest BCUT2D eigenvalue weighted by molar-refractivity contribution is 5.09. The minimum Gasteiger partial charge on any atom is -0.389 e. The Labute approximate surface area is 91.5 Å². The van der Waals surface area contributed by atoms with Crippen LogP contribution in [-0.2, 0) is 6.54 Å². The van der Waals surface area contributed by atoms with Gasteiger partial charge in [0.05, 0.1) is 5.60 Å². The van der Waals surface area contributed by atoms with Crippen molar-refractivity contribution < 1.29 is 5.11 Å². The zero-order chi connectivity index (χ0) is 11.1. The molecule has 0 aliphatic heterocycles. The van der Waals surface area contributed by atoms with Crippen molar-refractivity contribution in [3.05, 3.63) is 30.1 Å². The highest BCUT2D eigenvalue weighted by Crippen LogP contribution is 2.12. The number of aliphatic hydroxyl groups is 1. The van der Waals surface area contributed by atoms with E-state index in [1.54, 1.807) is 12.4 Å². The molecule has 1 aromatic rings. The van der Waals surface area contributed by atoms with Gasteiger partial charge < -0.3 is 10.4 Å². The van der Waals surface area contributed by atoms with Crippen molar-refractivity contribution in [2.75, 3.05) is 6.54 Å². The van der Waals surface area contributed by atoms with Crippen LogP contribution < -0.4 is 5.32 Å². The molecule has 0 atom stereocenters. The van der Waals surface area contributed by atoms with E-state index in [1.807, 2.05) is 26.0 Å². The van der Waals surface area contributed by atoms with Crippen molar-refractivity contribution in [1.29, 1.82) is 0 Å². The van der Waals surface area contributed by atoms with Crippen LogP contribution in [-0.4, -0.2) is 22.2 Å². The lowest BCUT2D eigenvalue weighted by Gasteiger charge is -2.25. The lowest BCUT2D eigenvalue weighted by molar-refractivity contribution is 0.0323. The molecule has 0 aliphatic rings. The summed E-state index contributed by atoms with van der Waals surface area (Å²) >= 11 is 0. The average Bonchev–Trinajstić information content (AvgIpc) is 2.30. The first-order valence-electron chi connectivity index (χ1n) is 5.52. The molecule has 2 N–H and O–H groups in total. The van der Waals surface area contributed by atoms with Crippen molar-refractivity contribution >= 4 is 0 Å². The number of nitrogens with one attached hydrogen (secondary N) is 1. The van der Waals surface area contributed by atoms with Crippen LogP contribution in [0.2, 0.25) is 0 Å². The van der Waals surface area contributed by atoms with E-state index in [2.05, 4.69) is 10.3 Å². The minimum absolute atomic E-state index is 0.562. The fraction of sp³-hybridized carbons (Fsp3) is 0.583. The second-order valence-corrected chi connectivity index (χ2v) is 3.89. The van der Waals surface area contributed by atoms with Crippen molar-refractivity contribution in [3.63, 3.8) is 0 Å². The van der Waals surface area contributed by atoms with Crippen LogP contribution in [0.3, 0.4) is 0 Å². The first kappa shape index (κ1) is 12.1. The van der Waals surface area contributed by atoms with E-state index in [4.69, 9.17) is 0 Å². The predicted octanol–water partition coefficient (Wildman–Crippen LogP) is 1.72. The fourth-order valence-corrected chi connectivity index (χ4v) is 1.44. The third kappa shape index (κ3) is 3.98. The highest BCUT2D eigenvalue weighted by Gasteiger charge is 2.20. The maximum absolute atomic E-state index is 10.0. The van der Waals surface area contributed by atoms with Crippen LogP contribution in [0.1, 0.15) is 32.3 Å². The molecule has 0 aromatic carbocycles. The van der Waals surface area contributed by atoms with Gasteiger partial charge in [-0.2, -0.15) is 0 Å². The van der Waals surface area contributed by atoms with Crippen molar-refractivity contribution in [1.82, 2.24) is 10.3 Å². The number of nitrogens with zero attached hydrogens (tertiary/aromatic N) is 1. The van der Waals surface area contributed by atoms with Crippen molar-refractivity contribution in [2.45, 2.75) is 38.8 Å². The van der Waals surface area contributed by atoms with Crippen LogP contribution in [0.25, 0.3) is 0 Å². The molecule has 0 radical (unpaired) electrons. The monoisotopic (exact) mass is 208 g/mol. The standard InChI is InChI=1S/C12H20N2O/c1-3-12(15,4-2)10-14-9-11-5-7-13-8-6-11/h5-8,14-15H,3-4,9-10H2,1-2H3. The molecule has 15 heavy (non-hydrogen) atoms. The van der Waals surface area contributed by atoms with Gasteiger partial charge in [0.25, 0.3) is 0 Å². The summed E-state index contributed by atoms with van der Waals surface area (Å²) in [4.78, 5) is 3.96. The summed E-state index contributed by atoms with van der Waals surface area (Å²) in [6.45, 7) is 5.45. The topological polar surface area (TPSA) is 45.1 Å². The normalized spacial score (nSPS) is 11.7. The number of aromatic nitrogens is 1. The molecule has 0 saturated heterocycles. The Hall–Kier alpha value is -0.930. The second kappa shape index (κ2) is 5.83. The van der Waals surface area contributed by atoms with Gasteiger partial charge in [0.2, 0.25) is 0 Å². The van der Waals surface area contributed by atoms with Gasteiger partial charge in [-0.1, -0.05) is 13.8 Å². The Balaban J connectivity index is 2.33. The molecule has 1 heterocycles.